The van der Waals surface area contributed by atoms with Gasteiger partial charge in [-0.25, -0.2) is 24.5 Å². The summed E-state index contributed by atoms with van der Waals surface area (Å²) in [5.74, 6) is 0.797. The molecule has 4 rings (SSSR count). The molecule has 2 aromatic heterocycles. The van der Waals surface area contributed by atoms with Crippen molar-refractivity contribution in [3.05, 3.63) is 60.4 Å². The fraction of sp³-hybridized carbons (Fsp3) is 0.500. The van der Waals surface area contributed by atoms with Gasteiger partial charge in [0.1, 0.15) is 17.0 Å². The topological polar surface area (TPSA) is 160 Å². The highest BCUT2D eigenvalue weighted by Gasteiger charge is 2.35. The molecule has 3 aromatic rings. The van der Waals surface area contributed by atoms with Crippen molar-refractivity contribution < 1.29 is 28.6 Å². The molecule has 3 heterocycles. The number of esters is 1. The van der Waals surface area contributed by atoms with Gasteiger partial charge in [-0.05, 0) is 83.9 Å². The average molecular weight is 691 g/mol. The first-order valence-corrected chi connectivity index (χ1v) is 16.8. The lowest BCUT2D eigenvalue weighted by molar-refractivity contribution is -0.142. The Hall–Kier alpha value is -4.98. The number of carbonyl (C=O) groups excluding carboxylic acids is 3. The molecule has 0 radical (unpaired) electrons. The van der Waals surface area contributed by atoms with Gasteiger partial charge < -0.3 is 35.1 Å². The second-order valence-electron chi connectivity index (χ2n) is 14.1. The number of piperazine rings is 1. The molecule has 0 spiro atoms. The molecule has 1 aliphatic heterocycles. The van der Waals surface area contributed by atoms with Crippen LogP contribution in [0.25, 0.3) is 11.3 Å². The van der Waals surface area contributed by atoms with E-state index in [1.807, 2.05) is 84.0 Å². The maximum Gasteiger partial charge on any atom is 0.410 e. The number of aromatic nitrogens is 3. The second-order valence-corrected chi connectivity index (χ2v) is 14.1. The van der Waals surface area contributed by atoms with Crippen molar-refractivity contribution in [2.24, 2.45) is 0 Å². The number of amides is 2. The Morgan fingerprint density at radius 2 is 1.72 bits per heavy atom. The lowest BCUT2D eigenvalue weighted by atomic mass is 10.1. The maximum absolute atomic E-state index is 12.9. The summed E-state index contributed by atoms with van der Waals surface area (Å²) in [5, 5.41) is 9.31. The molecule has 270 valence electrons. The first kappa shape index (κ1) is 37.8. The number of methoxy groups -OCH3 is 1. The largest absolute Gasteiger partial charge is 0.469 e. The first-order valence-electron chi connectivity index (χ1n) is 16.8. The first-order chi connectivity index (χ1) is 23.7. The molecule has 50 heavy (non-hydrogen) atoms. The van der Waals surface area contributed by atoms with Crippen molar-refractivity contribution in [2.45, 2.75) is 78.2 Å². The van der Waals surface area contributed by atoms with Gasteiger partial charge in [0.2, 0.25) is 5.95 Å². The Kier molecular flexibility index (Phi) is 12.9. The molecule has 0 bridgehead atoms. The van der Waals surface area contributed by atoms with E-state index >= 15 is 0 Å². The quantitative estimate of drug-likeness (QED) is 0.123. The number of rotatable bonds is 12. The zero-order valence-corrected chi connectivity index (χ0v) is 30.1. The van der Waals surface area contributed by atoms with Gasteiger partial charge >= 0.3 is 18.2 Å². The number of pyridine rings is 1. The van der Waals surface area contributed by atoms with Crippen molar-refractivity contribution in [3.8, 4) is 11.3 Å². The molecule has 14 heteroatoms. The van der Waals surface area contributed by atoms with Crippen LogP contribution in [0.1, 0.15) is 59.9 Å². The van der Waals surface area contributed by atoms with Crippen LogP contribution in [0.15, 0.2) is 54.9 Å². The van der Waals surface area contributed by atoms with Gasteiger partial charge in [-0.2, -0.15) is 0 Å². The summed E-state index contributed by atoms with van der Waals surface area (Å²) in [5.41, 5.74) is 2.29. The smallest absolute Gasteiger partial charge is 0.410 e. The number of hydrogen-bond acceptors (Lipinski definition) is 12. The van der Waals surface area contributed by atoms with Crippen LogP contribution in [-0.2, 0) is 25.5 Å². The molecule has 1 aromatic carbocycles. The van der Waals surface area contributed by atoms with Crippen LogP contribution in [0.5, 0.6) is 0 Å². The molecule has 3 N–H and O–H groups in total. The summed E-state index contributed by atoms with van der Waals surface area (Å²) in [6.45, 7) is 14.3. The van der Waals surface area contributed by atoms with E-state index in [1.165, 1.54) is 7.11 Å². The Bertz CT molecular complexity index is 1590. The highest BCUT2D eigenvalue weighted by Crippen LogP contribution is 2.23. The SMILES string of the molecule is COC(=O)CC1CN(Cc2cccc(Nc3nccc(-c4ccc(NCCCNC(=O)OC(C)(C)C)nc4)n3)c2)CCN1C(=O)OC(C)(C)C. The van der Waals surface area contributed by atoms with Crippen LogP contribution < -0.4 is 16.0 Å². The predicted octanol–water partition coefficient (Wildman–Crippen LogP) is 5.59. The van der Waals surface area contributed by atoms with Crippen LogP contribution in [0.4, 0.5) is 27.0 Å². The molecule has 0 aliphatic carbocycles. The highest BCUT2D eigenvalue weighted by molar-refractivity contribution is 5.73. The van der Waals surface area contributed by atoms with E-state index in [-0.39, 0.29) is 18.4 Å². The van der Waals surface area contributed by atoms with Crippen LogP contribution >= 0.6 is 0 Å². The molecular weight excluding hydrogens is 640 g/mol. The van der Waals surface area contributed by atoms with E-state index in [0.717, 1.165) is 28.3 Å². The molecule has 1 fully saturated rings. The maximum atomic E-state index is 12.9. The van der Waals surface area contributed by atoms with E-state index in [0.29, 0.717) is 51.6 Å². The number of hydrogen-bond donors (Lipinski definition) is 3. The summed E-state index contributed by atoms with van der Waals surface area (Å²) in [6, 6.07) is 13.3. The summed E-state index contributed by atoms with van der Waals surface area (Å²) in [7, 11) is 1.35. The van der Waals surface area contributed by atoms with Crippen molar-refractivity contribution in [1.29, 1.82) is 0 Å². The number of carbonyl (C=O) groups is 3. The molecule has 2 amide bonds. The Labute approximate surface area is 294 Å². The van der Waals surface area contributed by atoms with Gasteiger partial charge in [0.15, 0.2) is 0 Å². The van der Waals surface area contributed by atoms with Crippen LogP contribution in [0.2, 0.25) is 0 Å². The highest BCUT2D eigenvalue weighted by atomic mass is 16.6. The third-order valence-corrected chi connectivity index (χ3v) is 7.46. The molecule has 1 atom stereocenters. The summed E-state index contributed by atoms with van der Waals surface area (Å²) in [4.78, 5) is 54.3. The van der Waals surface area contributed by atoms with Gasteiger partial charge in [-0.15, -0.1) is 0 Å². The lowest BCUT2D eigenvalue weighted by Crippen LogP contribution is -2.56. The molecule has 1 unspecified atom stereocenters. The molecule has 0 saturated carbocycles. The van der Waals surface area contributed by atoms with Gasteiger partial charge in [0.05, 0.1) is 25.3 Å². The number of anilines is 3. The Morgan fingerprint density at radius 1 is 0.940 bits per heavy atom. The third-order valence-electron chi connectivity index (χ3n) is 7.46. The van der Waals surface area contributed by atoms with Crippen molar-refractivity contribution in [2.75, 3.05) is 50.5 Å². The minimum atomic E-state index is -0.634. The Balaban J connectivity index is 1.31. The number of benzene rings is 1. The van der Waals surface area contributed by atoms with Gasteiger partial charge in [0, 0.05) is 62.9 Å². The predicted molar refractivity (Wildman–Crippen MR) is 191 cm³/mol. The van der Waals surface area contributed by atoms with E-state index in [2.05, 4.69) is 30.8 Å². The van der Waals surface area contributed by atoms with E-state index in [1.54, 1.807) is 17.3 Å². The number of nitrogens with one attached hydrogen (secondary N) is 3. The van der Waals surface area contributed by atoms with Gasteiger partial charge in [-0.3, -0.25) is 9.69 Å². The Morgan fingerprint density at radius 3 is 2.42 bits per heavy atom. The minimum Gasteiger partial charge on any atom is -0.469 e. The summed E-state index contributed by atoms with van der Waals surface area (Å²) >= 11 is 0. The number of nitrogens with zero attached hydrogens (tertiary/aromatic N) is 5. The monoisotopic (exact) mass is 690 g/mol. The van der Waals surface area contributed by atoms with Crippen molar-refractivity contribution >= 4 is 35.6 Å². The van der Waals surface area contributed by atoms with Gasteiger partial charge in [-0.1, -0.05) is 12.1 Å². The molecule has 14 nitrogen and oxygen atoms in total. The zero-order valence-electron chi connectivity index (χ0n) is 30.1. The minimum absolute atomic E-state index is 0.0887. The zero-order chi connectivity index (χ0) is 36.3. The van der Waals surface area contributed by atoms with Gasteiger partial charge in [0.25, 0.3) is 0 Å². The summed E-state index contributed by atoms with van der Waals surface area (Å²) in [6.07, 6.45) is 3.40. The average Bonchev–Trinajstić information content (AvgIpc) is 3.03. The number of alkyl carbamates (subject to hydrolysis) is 1. The van der Waals surface area contributed by atoms with Crippen LogP contribution in [0.3, 0.4) is 0 Å². The second kappa shape index (κ2) is 17.1. The van der Waals surface area contributed by atoms with Crippen LogP contribution in [0, 0.1) is 0 Å². The summed E-state index contributed by atoms with van der Waals surface area (Å²) < 4.78 is 15.8. The fourth-order valence-electron chi connectivity index (χ4n) is 5.25. The normalized spacial score (nSPS) is 15.2. The lowest BCUT2D eigenvalue weighted by Gasteiger charge is -2.41. The van der Waals surface area contributed by atoms with Crippen LogP contribution in [-0.4, -0.2) is 100.0 Å². The molecule has 1 aliphatic rings. The van der Waals surface area contributed by atoms with Crippen molar-refractivity contribution in [1.82, 2.24) is 30.1 Å². The van der Waals surface area contributed by atoms with E-state index in [4.69, 9.17) is 19.2 Å². The fourth-order valence-corrected chi connectivity index (χ4v) is 5.25. The molecule has 1 saturated heterocycles. The standard InChI is InChI=1S/C36H50N8O6/c1-35(2,3)49-33(46)39-16-9-15-37-30-13-12-26(22-40-30)29-14-17-38-32(42-29)41-27-11-8-10-25(20-27)23-43-18-19-44(34(47)50-36(4,5)6)28(24-43)21-31(45)48-7/h8,10-14,17,20,22,28H,9,15-16,18-19,21,23-24H2,1-7H3,(H,37,40)(H,39,46)(H,38,41,42). The van der Waals surface area contributed by atoms with Crippen molar-refractivity contribution in [3.63, 3.8) is 0 Å². The number of ether oxygens (including phenoxy) is 3. The van der Waals surface area contributed by atoms with E-state index < -0.39 is 23.4 Å². The third kappa shape index (κ3) is 12.5. The van der Waals surface area contributed by atoms with E-state index in [9.17, 15) is 14.4 Å². The molecular formula is C36H50N8O6.